The smallest absolute Gasteiger partial charge is 0.167 e. The number of rotatable bonds is 5. The van der Waals surface area contributed by atoms with Gasteiger partial charge in [-0.2, -0.15) is 0 Å². The summed E-state index contributed by atoms with van der Waals surface area (Å²) in [7, 11) is 0. The summed E-state index contributed by atoms with van der Waals surface area (Å²) in [6, 6.07) is 7.99. The summed E-state index contributed by atoms with van der Waals surface area (Å²) in [5, 5.41) is 0. The summed E-state index contributed by atoms with van der Waals surface area (Å²) < 4.78 is 5.32. The van der Waals surface area contributed by atoms with Crippen molar-refractivity contribution in [3.8, 4) is 5.75 Å². The van der Waals surface area contributed by atoms with Gasteiger partial charge < -0.3 is 4.74 Å². The molecule has 0 amide bonds. The number of benzene rings is 1. The molecular weight excluding hydrogens is 200 g/mol. The first kappa shape index (κ1) is 12.8. The van der Waals surface area contributed by atoms with E-state index in [0.29, 0.717) is 0 Å². The molecule has 0 bridgehead atoms. The Morgan fingerprint density at radius 2 is 1.81 bits per heavy atom. The van der Waals surface area contributed by atoms with Gasteiger partial charge >= 0.3 is 0 Å². The first-order valence-electron chi connectivity index (χ1n) is 5.68. The monoisotopic (exact) mass is 220 g/mol. The van der Waals surface area contributed by atoms with Crippen molar-refractivity contribution in [2.75, 3.05) is 6.61 Å². The van der Waals surface area contributed by atoms with Gasteiger partial charge in [-0.3, -0.25) is 4.79 Å². The van der Waals surface area contributed by atoms with Crippen LogP contribution in [0.25, 0.3) is 0 Å². The maximum absolute atomic E-state index is 10.8. The van der Waals surface area contributed by atoms with Crippen LogP contribution in [0.5, 0.6) is 5.75 Å². The molecule has 0 aliphatic rings. The SMILES string of the molecule is CCC(C)(C)c1ccc(OCC(C)=O)cc1. The standard InChI is InChI=1S/C14H20O2/c1-5-14(3,4)12-6-8-13(9-7-12)16-10-11(2)15/h6-9H,5,10H2,1-4H3. The molecule has 0 saturated heterocycles. The van der Waals surface area contributed by atoms with E-state index in [1.165, 1.54) is 12.5 Å². The van der Waals surface area contributed by atoms with Gasteiger partial charge in [0.05, 0.1) is 0 Å². The number of ether oxygens (including phenoxy) is 1. The second-order valence-electron chi connectivity index (χ2n) is 4.75. The zero-order chi connectivity index (χ0) is 12.2. The van der Waals surface area contributed by atoms with Crippen LogP contribution in [-0.4, -0.2) is 12.4 Å². The Balaban J connectivity index is 2.71. The molecule has 2 nitrogen and oxygen atoms in total. The van der Waals surface area contributed by atoms with Crippen LogP contribution in [0, 0.1) is 0 Å². The van der Waals surface area contributed by atoms with E-state index in [2.05, 4.69) is 32.9 Å². The summed E-state index contributed by atoms with van der Waals surface area (Å²) in [5.74, 6) is 0.795. The Morgan fingerprint density at radius 1 is 1.25 bits per heavy atom. The highest BCUT2D eigenvalue weighted by Gasteiger charge is 2.17. The molecule has 2 heteroatoms. The zero-order valence-corrected chi connectivity index (χ0v) is 10.5. The lowest BCUT2D eigenvalue weighted by molar-refractivity contribution is -0.118. The van der Waals surface area contributed by atoms with Gasteiger partial charge in [0.2, 0.25) is 0 Å². The van der Waals surface area contributed by atoms with E-state index in [0.717, 1.165) is 12.2 Å². The topological polar surface area (TPSA) is 26.3 Å². The molecule has 0 aliphatic heterocycles. The van der Waals surface area contributed by atoms with E-state index in [4.69, 9.17) is 4.74 Å². The lowest BCUT2D eigenvalue weighted by atomic mass is 9.82. The summed E-state index contributed by atoms with van der Waals surface area (Å²) >= 11 is 0. The van der Waals surface area contributed by atoms with E-state index < -0.39 is 0 Å². The summed E-state index contributed by atoms with van der Waals surface area (Å²) in [6.07, 6.45) is 1.10. The molecule has 0 spiro atoms. The Hall–Kier alpha value is -1.31. The van der Waals surface area contributed by atoms with Crippen LogP contribution in [0.4, 0.5) is 0 Å². The van der Waals surface area contributed by atoms with Crippen molar-refractivity contribution in [2.45, 2.75) is 39.5 Å². The van der Waals surface area contributed by atoms with Crippen molar-refractivity contribution in [2.24, 2.45) is 0 Å². The number of ketones is 1. The number of hydrogen-bond donors (Lipinski definition) is 0. The predicted molar refractivity (Wildman–Crippen MR) is 65.9 cm³/mol. The fraction of sp³-hybridized carbons (Fsp3) is 0.500. The van der Waals surface area contributed by atoms with Crippen LogP contribution in [0.3, 0.4) is 0 Å². The minimum Gasteiger partial charge on any atom is -0.486 e. The lowest BCUT2D eigenvalue weighted by Gasteiger charge is -2.23. The third-order valence-corrected chi connectivity index (χ3v) is 2.96. The first-order valence-corrected chi connectivity index (χ1v) is 5.68. The molecule has 0 saturated carbocycles. The first-order chi connectivity index (χ1) is 7.45. The average molecular weight is 220 g/mol. The molecule has 16 heavy (non-hydrogen) atoms. The molecule has 1 aromatic rings. The Morgan fingerprint density at radius 3 is 2.25 bits per heavy atom. The molecule has 0 unspecified atom stereocenters. The van der Waals surface area contributed by atoms with Gasteiger partial charge in [-0.25, -0.2) is 0 Å². The van der Waals surface area contributed by atoms with Gasteiger partial charge in [-0.05, 0) is 36.5 Å². The number of carbonyl (C=O) groups is 1. The fourth-order valence-electron chi connectivity index (χ4n) is 1.39. The normalized spacial score (nSPS) is 11.2. The lowest BCUT2D eigenvalue weighted by Crippen LogP contribution is -2.15. The van der Waals surface area contributed by atoms with Crippen LogP contribution < -0.4 is 4.74 Å². The Kier molecular flexibility index (Phi) is 4.11. The number of Topliss-reactive ketones (excluding diaryl/α,β-unsaturated/α-hetero) is 1. The van der Waals surface area contributed by atoms with E-state index in [1.54, 1.807) is 0 Å². The van der Waals surface area contributed by atoms with Crippen molar-refractivity contribution in [1.82, 2.24) is 0 Å². The van der Waals surface area contributed by atoms with E-state index >= 15 is 0 Å². The summed E-state index contributed by atoms with van der Waals surface area (Å²) in [5.41, 5.74) is 1.49. The second kappa shape index (κ2) is 5.15. The van der Waals surface area contributed by atoms with E-state index in [-0.39, 0.29) is 17.8 Å². The Labute approximate surface area is 97.6 Å². The minimum atomic E-state index is 0.0398. The van der Waals surface area contributed by atoms with Gasteiger partial charge in [0.15, 0.2) is 5.78 Å². The van der Waals surface area contributed by atoms with Crippen LogP contribution >= 0.6 is 0 Å². The van der Waals surface area contributed by atoms with Crippen LogP contribution in [-0.2, 0) is 10.2 Å². The molecule has 0 radical (unpaired) electrons. The van der Waals surface area contributed by atoms with Gasteiger partial charge in [-0.1, -0.05) is 32.9 Å². The highest BCUT2D eigenvalue weighted by atomic mass is 16.5. The fourth-order valence-corrected chi connectivity index (χ4v) is 1.39. The maximum atomic E-state index is 10.8. The Bertz CT molecular complexity index is 350. The molecule has 1 rings (SSSR count). The van der Waals surface area contributed by atoms with Crippen LogP contribution in [0.15, 0.2) is 24.3 Å². The highest BCUT2D eigenvalue weighted by molar-refractivity contribution is 5.77. The molecule has 0 atom stereocenters. The van der Waals surface area contributed by atoms with Crippen molar-refractivity contribution >= 4 is 5.78 Å². The van der Waals surface area contributed by atoms with E-state index in [1.807, 2.05) is 12.1 Å². The maximum Gasteiger partial charge on any atom is 0.167 e. The molecular formula is C14H20O2. The third-order valence-electron chi connectivity index (χ3n) is 2.96. The largest absolute Gasteiger partial charge is 0.486 e. The van der Waals surface area contributed by atoms with Crippen molar-refractivity contribution in [3.05, 3.63) is 29.8 Å². The summed E-state index contributed by atoms with van der Waals surface area (Å²) in [4.78, 5) is 10.8. The molecule has 0 aromatic heterocycles. The molecule has 0 heterocycles. The van der Waals surface area contributed by atoms with Crippen LogP contribution in [0.2, 0.25) is 0 Å². The van der Waals surface area contributed by atoms with Crippen molar-refractivity contribution < 1.29 is 9.53 Å². The van der Waals surface area contributed by atoms with Gasteiger partial charge in [0, 0.05) is 0 Å². The zero-order valence-electron chi connectivity index (χ0n) is 10.5. The minimum absolute atomic E-state index is 0.0398. The van der Waals surface area contributed by atoms with Gasteiger partial charge in [0.25, 0.3) is 0 Å². The molecule has 0 fully saturated rings. The molecule has 0 aliphatic carbocycles. The quantitative estimate of drug-likeness (QED) is 0.760. The number of hydrogen-bond acceptors (Lipinski definition) is 2. The van der Waals surface area contributed by atoms with E-state index in [9.17, 15) is 4.79 Å². The van der Waals surface area contributed by atoms with Crippen molar-refractivity contribution in [1.29, 1.82) is 0 Å². The van der Waals surface area contributed by atoms with Crippen molar-refractivity contribution in [3.63, 3.8) is 0 Å². The molecule has 1 aromatic carbocycles. The van der Waals surface area contributed by atoms with Gasteiger partial charge in [0.1, 0.15) is 12.4 Å². The highest BCUT2D eigenvalue weighted by Crippen LogP contribution is 2.27. The third kappa shape index (κ3) is 3.37. The van der Waals surface area contributed by atoms with Gasteiger partial charge in [-0.15, -0.1) is 0 Å². The summed E-state index contributed by atoms with van der Waals surface area (Å²) in [6.45, 7) is 8.29. The molecule has 88 valence electrons. The second-order valence-corrected chi connectivity index (χ2v) is 4.75. The average Bonchev–Trinajstić information content (AvgIpc) is 2.27. The number of carbonyl (C=O) groups excluding carboxylic acids is 1. The molecule has 0 N–H and O–H groups in total. The predicted octanol–water partition coefficient (Wildman–Crippen LogP) is 3.34. The van der Waals surface area contributed by atoms with Crippen LogP contribution in [0.1, 0.15) is 39.7 Å².